The monoisotopic (exact) mass is 402 g/mol. The molecule has 0 spiro atoms. The number of amides is 1. The van der Waals surface area contributed by atoms with E-state index < -0.39 is 0 Å². The Bertz CT molecular complexity index is 1040. The summed E-state index contributed by atoms with van der Waals surface area (Å²) in [5, 5.41) is 3.08. The molecular formula is C23H22N4O3. The van der Waals surface area contributed by atoms with Crippen LogP contribution in [0.1, 0.15) is 5.56 Å². The van der Waals surface area contributed by atoms with E-state index in [0.29, 0.717) is 31.4 Å². The van der Waals surface area contributed by atoms with Crippen molar-refractivity contribution in [1.82, 2.24) is 0 Å². The smallest absolute Gasteiger partial charge is 0.414 e. The van der Waals surface area contributed by atoms with Gasteiger partial charge < -0.3 is 20.5 Å². The normalized spacial score (nSPS) is 13.8. The van der Waals surface area contributed by atoms with Gasteiger partial charge in [-0.25, -0.2) is 9.79 Å². The van der Waals surface area contributed by atoms with Crippen molar-refractivity contribution in [3.05, 3.63) is 84.4 Å². The summed E-state index contributed by atoms with van der Waals surface area (Å²) in [7, 11) is 0. The molecule has 1 fully saturated rings. The van der Waals surface area contributed by atoms with Gasteiger partial charge in [0, 0.05) is 17.4 Å². The minimum absolute atomic E-state index is 0.305. The van der Waals surface area contributed by atoms with Crippen molar-refractivity contribution < 1.29 is 14.3 Å². The fourth-order valence-corrected chi connectivity index (χ4v) is 3.04. The Hall–Kier alpha value is -4.00. The van der Waals surface area contributed by atoms with E-state index in [9.17, 15) is 4.79 Å². The maximum Gasteiger partial charge on any atom is 0.414 e. The second-order valence-corrected chi connectivity index (χ2v) is 6.70. The number of ether oxygens (including phenoxy) is 2. The van der Waals surface area contributed by atoms with E-state index in [2.05, 4.69) is 10.3 Å². The minimum Gasteiger partial charge on any atom is -0.457 e. The average molecular weight is 402 g/mol. The van der Waals surface area contributed by atoms with Crippen LogP contribution in [0.5, 0.6) is 11.5 Å². The zero-order valence-electron chi connectivity index (χ0n) is 16.3. The number of benzene rings is 3. The first-order chi connectivity index (χ1) is 14.7. The first-order valence-electron chi connectivity index (χ1n) is 9.60. The highest BCUT2D eigenvalue weighted by Gasteiger charge is 2.23. The molecule has 4 rings (SSSR count). The van der Waals surface area contributed by atoms with Gasteiger partial charge in [-0.05, 0) is 42.0 Å². The average Bonchev–Trinajstić information content (AvgIpc) is 3.19. The summed E-state index contributed by atoms with van der Waals surface area (Å²) in [6.45, 7) is 1.41. The number of aliphatic imine (C=N–C) groups is 1. The van der Waals surface area contributed by atoms with E-state index in [-0.39, 0.29) is 6.09 Å². The number of carbonyl (C=O) groups excluding carboxylic acids is 1. The van der Waals surface area contributed by atoms with Gasteiger partial charge in [0.1, 0.15) is 18.1 Å². The molecule has 7 heteroatoms. The summed E-state index contributed by atoms with van der Waals surface area (Å²) < 4.78 is 10.8. The molecule has 0 saturated carbocycles. The maximum atomic E-state index is 11.6. The first-order valence-corrected chi connectivity index (χ1v) is 9.60. The van der Waals surface area contributed by atoms with Crippen LogP contribution in [0.3, 0.4) is 0 Å². The Morgan fingerprint density at radius 3 is 2.53 bits per heavy atom. The second kappa shape index (κ2) is 9.00. The Morgan fingerprint density at radius 1 is 1.03 bits per heavy atom. The summed E-state index contributed by atoms with van der Waals surface area (Å²) >= 11 is 0. The van der Waals surface area contributed by atoms with Crippen LogP contribution in [0.25, 0.3) is 0 Å². The van der Waals surface area contributed by atoms with Crippen molar-refractivity contribution >= 4 is 23.4 Å². The van der Waals surface area contributed by atoms with Gasteiger partial charge in [-0.15, -0.1) is 0 Å². The van der Waals surface area contributed by atoms with E-state index in [4.69, 9.17) is 15.2 Å². The van der Waals surface area contributed by atoms with Crippen LogP contribution in [0.4, 0.5) is 16.2 Å². The van der Waals surface area contributed by atoms with Crippen molar-refractivity contribution in [2.45, 2.75) is 6.54 Å². The van der Waals surface area contributed by atoms with Crippen LogP contribution in [-0.2, 0) is 11.3 Å². The molecule has 1 saturated heterocycles. The first kappa shape index (κ1) is 19.3. The number of nitrogens with one attached hydrogen (secondary N) is 1. The minimum atomic E-state index is -0.312. The lowest BCUT2D eigenvalue weighted by molar-refractivity contribution is 0.181. The number of guanidine groups is 1. The molecular weight excluding hydrogens is 380 g/mol. The van der Waals surface area contributed by atoms with E-state index >= 15 is 0 Å². The number of cyclic esters (lactones) is 1. The molecule has 3 aromatic carbocycles. The van der Waals surface area contributed by atoms with Crippen LogP contribution in [0, 0.1) is 0 Å². The molecule has 152 valence electrons. The SMILES string of the molecule is NC(=NCc1ccc(N2CCOC2=O)cc1)Nc1cccc(Oc2ccccc2)c1. The lowest BCUT2D eigenvalue weighted by atomic mass is 10.2. The zero-order chi connectivity index (χ0) is 20.8. The third-order valence-electron chi connectivity index (χ3n) is 4.53. The largest absolute Gasteiger partial charge is 0.457 e. The highest BCUT2D eigenvalue weighted by Crippen LogP contribution is 2.24. The van der Waals surface area contributed by atoms with Crippen molar-refractivity contribution in [2.24, 2.45) is 10.7 Å². The molecule has 30 heavy (non-hydrogen) atoms. The molecule has 0 radical (unpaired) electrons. The molecule has 3 N–H and O–H groups in total. The number of hydrogen-bond acceptors (Lipinski definition) is 4. The molecule has 0 unspecified atom stereocenters. The predicted molar refractivity (Wildman–Crippen MR) is 117 cm³/mol. The summed E-state index contributed by atoms with van der Waals surface area (Å²) in [5.74, 6) is 1.77. The fourth-order valence-electron chi connectivity index (χ4n) is 3.04. The summed E-state index contributed by atoms with van der Waals surface area (Å²) in [4.78, 5) is 17.6. The van der Waals surface area contributed by atoms with E-state index in [0.717, 1.165) is 22.7 Å². The number of para-hydroxylation sites is 1. The zero-order valence-corrected chi connectivity index (χ0v) is 16.3. The van der Waals surface area contributed by atoms with Crippen molar-refractivity contribution in [3.63, 3.8) is 0 Å². The molecule has 0 atom stereocenters. The fraction of sp³-hybridized carbons (Fsp3) is 0.130. The second-order valence-electron chi connectivity index (χ2n) is 6.70. The highest BCUT2D eigenvalue weighted by atomic mass is 16.6. The molecule has 1 heterocycles. The van der Waals surface area contributed by atoms with Gasteiger partial charge in [0.05, 0.1) is 13.1 Å². The van der Waals surface area contributed by atoms with Gasteiger partial charge in [-0.3, -0.25) is 4.90 Å². The summed E-state index contributed by atoms with van der Waals surface area (Å²) in [6, 6.07) is 24.7. The van der Waals surface area contributed by atoms with Crippen LogP contribution < -0.4 is 20.7 Å². The number of hydrogen-bond donors (Lipinski definition) is 2. The predicted octanol–water partition coefficient (Wildman–Crippen LogP) is 4.36. The van der Waals surface area contributed by atoms with Gasteiger partial charge in [-0.1, -0.05) is 36.4 Å². The summed E-state index contributed by atoms with van der Waals surface area (Å²) in [6.07, 6.45) is -0.312. The molecule has 1 aliphatic rings. The molecule has 0 bridgehead atoms. The molecule has 3 aromatic rings. The molecule has 1 amide bonds. The number of carbonyl (C=O) groups is 1. The third kappa shape index (κ3) is 4.88. The third-order valence-corrected chi connectivity index (χ3v) is 4.53. The van der Waals surface area contributed by atoms with Gasteiger partial charge in [-0.2, -0.15) is 0 Å². The Balaban J connectivity index is 1.35. The highest BCUT2D eigenvalue weighted by molar-refractivity contribution is 5.92. The van der Waals surface area contributed by atoms with Gasteiger partial charge >= 0.3 is 6.09 Å². The van der Waals surface area contributed by atoms with Gasteiger partial charge in [0.15, 0.2) is 5.96 Å². The lowest BCUT2D eigenvalue weighted by Crippen LogP contribution is -2.23. The number of anilines is 2. The van der Waals surface area contributed by atoms with Crippen molar-refractivity contribution in [3.8, 4) is 11.5 Å². The lowest BCUT2D eigenvalue weighted by Gasteiger charge is -2.12. The maximum absolute atomic E-state index is 11.6. The Morgan fingerprint density at radius 2 is 1.80 bits per heavy atom. The Labute approximate surface area is 174 Å². The van der Waals surface area contributed by atoms with E-state index in [1.54, 1.807) is 4.90 Å². The quantitative estimate of drug-likeness (QED) is 0.472. The van der Waals surface area contributed by atoms with Crippen LogP contribution >= 0.6 is 0 Å². The van der Waals surface area contributed by atoms with E-state index in [1.807, 2.05) is 78.9 Å². The standard InChI is InChI=1S/C23H22N4O3/c24-22(25-16-17-9-11-19(12-10-17)27-13-14-29-23(27)28)26-18-5-4-8-21(15-18)30-20-6-2-1-3-7-20/h1-12,15H,13-14,16H2,(H3,24,25,26). The van der Waals surface area contributed by atoms with Crippen molar-refractivity contribution in [2.75, 3.05) is 23.4 Å². The van der Waals surface area contributed by atoms with E-state index in [1.165, 1.54) is 0 Å². The van der Waals surface area contributed by atoms with Gasteiger partial charge in [0.2, 0.25) is 0 Å². The van der Waals surface area contributed by atoms with Gasteiger partial charge in [0.25, 0.3) is 0 Å². The molecule has 0 aliphatic carbocycles. The Kier molecular flexibility index (Phi) is 5.80. The van der Waals surface area contributed by atoms with Crippen LogP contribution in [-0.4, -0.2) is 25.2 Å². The number of nitrogens with two attached hydrogens (primary N) is 1. The number of rotatable bonds is 6. The topological polar surface area (TPSA) is 89.2 Å². The van der Waals surface area contributed by atoms with Crippen molar-refractivity contribution in [1.29, 1.82) is 0 Å². The molecule has 7 nitrogen and oxygen atoms in total. The van der Waals surface area contributed by atoms with Crippen LogP contribution in [0.2, 0.25) is 0 Å². The molecule has 0 aromatic heterocycles. The number of nitrogens with zero attached hydrogens (tertiary/aromatic N) is 2. The van der Waals surface area contributed by atoms with Crippen LogP contribution in [0.15, 0.2) is 83.9 Å². The molecule has 1 aliphatic heterocycles. The summed E-state index contributed by atoms with van der Waals surface area (Å²) in [5.41, 5.74) is 8.61.